The zero-order valence-electron chi connectivity index (χ0n) is 20.6. The van der Waals surface area contributed by atoms with Crippen LogP contribution >= 0.6 is 0 Å². The number of fused-ring (bicyclic) bond motifs is 1. The van der Waals surface area contributed by atoms with Crippen molar-refractivity contribution in [1.29, 1.82) is 5.26 Å². The summed E-state index contributed by atoms with van der Waals surface area (Å²) in [6.45, 7) is 0.993. The molecule has 1 aromatic carbocycles. The smallest absolute Gasteiger partial charge is 0.271 e. The summed E-state index contributed by atoms with van der Waals surface area (Å²) in [6.07, 6.45) is 2.47. The van der Waals surface area contributed by atoms with E-state index in [0.29, 0.717) is 37.4 Å². The summed E-state index contributed by atoms with van der Waals surface area (Å²) in [7, 11) is 1.58. The monoisotopic (exact) mass is 502 g/mol. The Morgan fingerprint density at radius 2 is 2.19 bits per heavy atom. The van der Waals surface area contributed by atoms with Gasteiger partial charge in [0.25, 0.3) is 5.91 Å². The Hall–Kier alpha value is -3.94. The molecule has 2 saturated heterocycles. The van der Waals surface area contributed by atoms with Gasteiger partial charge >= 0.3 is 0 Å². The van der Waals surface area contributed by atoms with E-state index in [0.717, 1.165) is 23.0 Å². The quantitative estimate of drug-likeness (QED) is 0.386. The van der Waals surface area contributed by atoms with E-state index in [4.69, 9.17) is 4.74 Å². The molecular formula is C27H30N6O4. The molecule has 0 spiro atoms. The van der Waals surface area contributed by atoms with Crippen LogP contribution in [0, 0.1) is 17.2 Å². The third-order valence-corrected chi connectivity index (χ3v) is 7.37. The summed E-state index contributed by atoms with van der Waals surface area (Å²) in [5, 5.41) is 26.3. The number of amides is 2. The minimum absolute atomic E-state index is 0.117. The van der Waals surface area contributed by atoms with Crippen LogP contribution in [0.4, 0.5) is 0 Å². The Labute approximate surface area is 214 Å². The number of hydrogen-bond donors (Lipinski definition) is 4. The van der Waals surface area contributed by atoms with Crippen molar-refractivity contribution in [3.05, 3.63) is 60.0 Å². The van der Waals surface area contributed by atoms with E-state index in [-0.39, 0.29) is 23.7 Å². The lowest BCUT2D eigenvalue weighted by molar-refractivity contribution is -0.125. The fourth-order valence-electron chi connectivity index (χ4n) is 5.42. The molecule has 3 aromatic rings. The predicted octanol–water partition coefficient (Wildman–Crippen LogP) is 1.90. The summed E-state index contributed by atoms with van der Waals surface area (Å²) >= 11 is 0. The third kappa shape index (κ3) is 5.01. The highest BCUT2D eigenvalue weighted by Crippen LogP contribution is 2.33. The van der Waals surface area contributed by atoms with Crippen LogP contribution in [-0.4, -0.2) is 70.3 Å². The van der Waals surface area contributed by atoms with Gasteiger partial charge in [0.05, 0.1) is 13.2 Å². The van der Waals surface area contributed by atoms with Crippen molar-refractivity contribution in [2.45, 2.75) is 43.5 Å². The Kier molecular flexibility index (Phi) is 7.08. The first kappa shape index (κ1) is 24.7. The molecule has 2 aliphatic heterocycles. The number of methoxy groups -OCH3 is 1. The molecule has 10 heteroatoms. The number of aromatic amines is 1. The zero-order valence-corrected chi connectivity index (χ0v) is 20.6. The Balaban J connectivity index is 1.39. The van der Waals surface area contributed by atoms with Crippen molar-refractivity contribution < 1.29 is 19.4 Å². The van der Waals surface area contributed by atoms with Crippen LogP contribution in [0.1, 0.15) is 41.4 Å². The molecule has 5 unspecified atom stereocenters. The topological polar surface area (TPSA) is 143 Å². The van der Waals surface area contributed by atoms with Gasteiger partial charge in [0, 0.05) is 41.2 Å². The van der Waals surface area contributed by atoms with Crippen LogP contribution in [0.2, 0.25) is 0 Å². The molecule has 37 heavy (non-hydrogen) atoms. The van der Waals surface area contributed by atoms with Crippen molar-refractivity contribution in [1.82, 2.24) is 25.5 Å². The first-order valence-electron chi connectivity index (χ1n) is 12.5. The predicted molar refractivity (Wildman–Crippen MR) is 136 cm³/mol. The second-order valence-electron chi connectivity index (χ2n) is 9.64. The van der Waals surface area contributed by atoms with E-state index in [9.17, 15) is 20.0 Å². The van der Waals surface area contributed by atoms with E-state index < -0.39 is 18.3 Å². The number of aliphatic hydroxyl groups excluding tert-OH is 1. The average molecular weight is 503 g/mol. The van der Waals surface area contributed by atoms with Gasteiger partial charge in [0.2, 0.25) is 5.91 Å². The number of likely N-dealkylation sites (tertiary alicyclic amines) is 1. The van der Waals surface area contributed by atoms with Gasteiger partial charge in [-0.05, 0) is 56.1 Å². The summed E-state index contributed by atoms with van der Waals surface area (Å²) in [5.74, 6) is -0.279. The van der Waals surface area contributed by atoms with Crippen molar-refractivity contribution >= 4 is 22.7 Å². The van der Waals surface area contributed by atoms with Crippen LogP contribution in [-0.2, 0) is 4.79 Å². The second kappa shape index (κ2) is 10.6. The van der Waals surface area contributed by atoms with E-state index in [1.807, 2.05) is 36.4 Å². The highest BCUT2D eigenvalue weighted by atomic mass is 16.5. The molecule has 0 radical (unpaired) electrons. The average Bonchev–Trinajstić information content (AvgIpc) is 3.66. The molecule has 2 aromatic heterocycles. The fraction of sp³-hybridized carbons (Fsp3) is 0.407. The number of carbonyl (C=O) groups is 2. The molecular weight excluding hydrogens is 472 g/mol. The van der Waals surface area contributed by atoms with Gasteiger partial charge in [0.1, 0.15) is 29.8 Å². The van der Waals surface area contributed by atoms with Crippen molar-refractivity contribution in [3.63, 3.8) is 0 Å². The molecule has 0 saturated carbocycles. The SMILES string of the molecule is COc1cccc2[nH]c(C(=O)N3CC(c4ccccn4)CC3C(=O)NC(C#N)CC3CCNC3O)cc12. The van der Waals surface area contributed by atoms with Gasteiger partial charge in [-0.2, -0.15) is 5.26 Å². The van der Waals surface area contributed by atoms with Crippen LogP contribution in [0.25, 0.3) is 10.9 Å². The number of H-pyrrole nitrogens is 1. The number of hydrogen-bond acceptors (Lipinski definition) is 7. The summed E-state index contributed by atoms with van der Waals surface area (Å²) in [6, 6.07) is 13.5. The highest BCUT2D eigenvalue weighted by molar-refractivity contribution is 6.01. The van der Waals surface area contributed by atoms with Gasteiger partial charge in [0.15, 0.2) is 0 Å². The van der Waals surface area contributed by atoms with Gasteiger partial charge in [-0.25, -0.2) is 0 Å². The molecule has 2 fully saturated rings. The van der Waals surface area contributed by atoms with Crippen LogP contribution in [0.5, 0.6) is 5.75 Å². The Bertz CT molecular complexity index is 1320. The largest absolute Gasteiger partial charge is 0.496 e. The molecule has 10 nitrogen and oxygen atoms in total. The number of pyridine rings is 1. The fourth-order valence-corrected chi connectivity index (χ4v) is 5.42. The maximum Gasteiger partial charge on any atom is 0.271 e. The first-order valence-corrected chi connectivity index (χ1v) is 12.5. The van der Waals surface area contributed by atoms with Gasteiger partial charge in [-0.1, -0.05) is 12.1 Å². The Morgan fingerprint density at radius 1 is 1.32 bits per heavy atom. The lowest BCUT2D eigenvalue weighted by Crippen LogP contribution is -2.49. The number of aliphatic hydroxyl groups is 1. The molecule has 0 bridgehead atoms. The number of carbonyl (C=O) groups excluding carboxylic acids is 2. The normalized spacial score (nSPS) is 24.1. The van der Waals surface area contributed by atoms with Crippen LogP contribution in [0.15, 0.2) is 48.7 Å². The zero-order chi connectivity index (χ0) is 25.9. The maximum atomic E-state index is 13.7. The number of nitrogens with zero attached hydrogens (tertiary/aromatic N) is 3. The second-order valence-corrected chi connectivity index (χ2v) is 9.64. The molecule has 2 aliphatic rings. The lowest BCUT2D eigenvalue weighted by atomic mass is 9.97. The van der Waals surface area contributed by atoms with Crippen LogP contribution in [0.3, 0.4) is 0 Å². The maximum absolute atomic E-state index is 13.7. The van der Waals surface area contributed by atoms with Gasteiger partial charge in [-0.15, -0.1) is 0 Å². The van der Waals surface area contributed by atoms with E-state index in [1.54, 1.807) is 24.3 Å². The number of ether oxygens (including phenoxy) is 1. The number of nitriles is 1. The van der Waals surface area contributed by atoms with E-state index in [1.165, 1.54) is 0 Å². The van der Waals surface area contributed by atoms with Gasteiger partial charge < -0.3 is 25.0 Å². The van der Waals surface area contributed by atoms with Gasteiger partial charge in [-0.3, -0.25) is 19.9 Å². The molecule has 5 rings (SSSR count). The lowest BCUT2D eigenvalue weighted by Gasteiger charge is -2.25. The molecule has 192 valence electrons. The molecule has 4 N–H and O–H groups in total. The van der Waals surface area contributed by atoms with E-state index >= 15 is 0 Å². The Morgan fingerprint density at radius 3 is 2.89 bits per heavy atom. The molecule has 2 amide bonds. The molecule has 5 atom stereocenters. The minimum Gasteiger partial charge on any atom is -0.496 e. The molecule has 0 aliphatic carbocycles. The summed E-state index contributed by atoms with van der Waals surface area (Å²) in [5.41, 5.74) is 1.93. The molecule has 4 heterocycles. The van der Waals surface area contributed by atoms with Crippen molar-refractivity contribution in [2.75, 3.05) is 20.2 Å². The number of benzene rings is 1. The number of aromatic nitrogens is 2. The van der Waals surface area contributed by atoms with E-state index in [2.05, 4.69) is 26.7 Å². The summed E-state index contributed by atoms with van der Waals surface area (Å²) < 4.78 is 5.43. The van der Waals surface area contributed by atoms with Crippen molar-refractivity contribution in [2.24, 2.45) is 5.92 Å². The standard InChI is InChI=1S/C27H30N6O4/c1-37-24-7-4-6-21-19(24)13-22(32-21)27(36)33-15-17(20-5-2-3-9-29-20)12-23(33)26(35)31-18(14-28)11-16-8-10-30-25(16)34/h2-7,9,13,16-18,23,25,30,32,34H,8,10-12,15H2,1H3,(H,31,35). The first-order chi connectivity index (χ1) is 18.0. The highest BCUT2D eigenvalue weighted by Gasteiger charge is 2.42. The van der Waals surface area contributed by atoms with Crippen LogP contribution < -0.4 is 15.4 Å². The number of nitrogens with one attached hydrogen (secondary N) is 3. The number of rotatable bonds is 7. The third-order valence-electron chi connectivity index (χ3n) is 7.37. The minimum atomic E-state index is -0.768. The van der Waals surface area contributed by atoms with Crippen molar-refractivity contribution in [3.8, 4) is 11.8 Å². The summed E-state index contributed by atoms with van der Waals surface area (Å²) in [4.78, 5) is 36.4.